The molecule has 0 aliphatic carbocycles. The number of carboxylic acids is 3. The van der Waals surface area contributed by atoms with E-state index in [0.29, 0.717) is 0 Å². The molecule has 1 amide bonds. The zero-order valence-electron chi connectivity index (χ0n) is 7.87. The number of aliphatic carboxylic acids is 3. The molecule has 9 nitrogen and oxygen atoms in total. The number of hydrogen-bond donors (Lipinski definition) is 4. The molecule has 0 radical (unpaired) electrons. The Bertz CT molecular complexity index is 301. The van der Waals surface area contributed by atoms with Gasteiger partial charge in [0.1, 0.15) is 0 Å². The molecule has 0 heterocycles. The van der Waals surface area contributed by atoms with E-state index < -0.39 is 36.4 Å². The van der Waals surface area contributed by atoms with Gasteiger partial charge in [-0.05, 0) is 0 Å². The van der Waals surface area contributed by atoms with Gasteiger partial charge in [-0.2, -0.15) is 0 Å². The van der Waals surface area contributed by atoms with Crippen molar-refractivity contribution in [2.75, 3.05) is 0 Å². The first-order valence-corrected chi connectivity index (χ1v) is 3.88. The Morgan fingerprint density at radius 2 is 1.53 bits per heavy atom. The molecule has 17 heavy (non-hydrogen) atoms. The summed E-state index contributed by atoms with van der Waals surface area (Å²) in [5, 5.41) is 25.7. The molecular weight excluding hydrogens is 249 g/mol. The van der Waals surface area contributed by atoms with E-state index in [4.69, 9.17) is 15.3 Å². The van der Waals surface area contributed by atoms with Crippen molar-refractivity contribution in [3.8, 4) is 0 Å². The normalized spacial score (nSPS) is 9.88. The number of hydroxylamine groups is 1. The molecule has 0 fully saturated rings. The van der Waals surface area contributed by atoms with Crippen LogP contribution < -0.4 is 5.48 Å². The van der Waals surface area contributed by atoms with Gasteiger partial charge in [0.25, 0.3) is 0 Å². The maximum atomic E-state index is 10.8. The van der Waals surface area contributed by atoms with E-state index in [9.17, 15) is 19.2 Å². The molecule has 0 aliphatic heterocycles. The first-order valence-electron chi connectivity index (χ1n) is 3.88. The summed E-state index contributed by atoms with van der Waals surface area (Å²) in [5.41, 5.74) is -1.04. The van der Waals surface area contributed by atoms with Gasteiger partial charge in [0.05, 0.1) is 12.8 Å². The van der Waals surface area contributed by atoms with Crippen LogP contribution in [0.25, 0.3) is 0 Å². The van der Waals surface area contributed by atoms with Gasteiger partial charge in [0.2, 0.25) is 12.0 Å². The van der Waals surface area contributed by atoms with Crippen LogP contribution in [-0.2, 0) is 24.0 Å². The predicted molar refractivity (Wildman–Crippen MR) is 52.3 cm³/mol. The predicted octanol–water partition coefficient (Wildman–Crippen LogP) is -2.21. The Balaban J connectivity index is 0. The van der Waals surface area contributed by atoms with E-state index in [0.717, 1.165) is 0 Å². The summed E-state index contributed by atoms with van der Waals surface area (Å²) in [6.45, 7) is 0. The number of hydrogen-bond acceptors (Lipinski definition) is 5. The van der Waals surface area contributed by atoms with Crippen LogP contribution in [0.15, 0.2) is 0 Å². The van der Waals surface area contributed by atoms with E-state index >= 15 is 0 Å². The zero-order chi connectivity index (χ0) is 12.8. The van der Waals surface area contributed by atoms with Crippen LogP contribution in [0.4, 0.5) is 0 Å². The summed E-state index contributed by atoms with van der Waals surface area (Å²) in [4.78, 5) is 45.8. The molecule has 0 aromatic heterocycles. The van der Waals surface area contributed by atoms with Crippen LogP contribution in [0.5, 0.6) is 0 Å². The molecule has 0 unspecified atom stereocenters. The third-order valence-corrected chi connectivity index (χ3v) is 1.57. The maximum absolute atomic E-state index is 10.8. The third kappa shape index (κ3) is 6.22. The second-order valence-electron chi connectivity index (χ2n) is 2.78. The molecule has 0 aromatic carbocycles. The van der Waals surface area contributed by atoms with Crippen LogP contribution in [0.2, 0.25) is 0 Å². The van der Waals surface area contributed by atoms with Crippen molar-refractivity contribution in [3.63, 3.8) is 0 Å². The SMILES string of the molecule is O=CNOC(CC(=O)O)(CC(=O)O)C(=O)O.[NaH]. The molecule has 4 N–H and O–H groups in total. The fourth-order valence-corrected chi connectivity index (χ4v) is 0.955. The van der Waals surface area contributed by atoms with Crippen molar-refractivity contribution in [2.45, 2.75) is 18.4 Å². The summed E-state index contributed by atoms with van der Waals surface area (Å²) in [6.07, 6.45) is -2.24. The number of rotatable bonds is 8. The summed E-state index contributed by atoms with van der Waals surface area (Å²) >= 11 is 0. The van der Waals surface area contributed by atoms with Gasteiger partial charge >= 0.3 is 47.5 Å². The van der Waals surface area contributed by atoms with E-state index in [1.165, 1.54) is 5.48 Å². The Kier molecular flexibility index (Phi) is 8.58. The Morgan fingerprint density at radius 3 is 1.76 bits per heavy atom. The molecule has 0 saturated heterocycles. The topological polar surface area (TPSA) is 150 Å². The minimum absolute atomic E-state index is 0. The Hall–Kier alpha value is -1.16. The van der Waals surface area contributed by atoms with Crippen LogP contribution in [-0.4, -0.2) is 74.8 Å². The fraction of sp³-hybridized carbons (Fsp3) is 0.429. The number of carbonyl (C=O) groups excluding carboxylic acids is 1. The summed E-state index contributed by atoms with van der Waals surface area (Å²) < 4.78 is 0. The number of carboxylic acid groups (broad SMARTS) is 3. The van der Waals surface area contributed by atoms with Crippen molar-refractivity contribution in [3.05, 3.63) is 0 Å². The van der Waals surface area contributed by atoms with Crippen molar-refractivity contribution < 1.29 is 39.3 Å². The average molecular weight is 259 g/mol. The molecule has 0 spiro atoms. The minimum atomic E-state index is -2.53. The van der Waals surface area contributed by atoms with Crippen molar-refractivity contribution in [2.24, 2.45) is 0 Å². The van der Waals surface area contributed by atoms with Crippen LogP contribution >= 0.6 is 0 Å². The van der Waals surface area contributed by atoms with E-state index in [-0.39, 0.29) is 36.0 Å². The third-order valence-electron chi connectivity index (χ3n) is 1.57. The molecular formula is C7H10NNaO8. The van der Waals surface area contributed by atoms with Gasteiger partial charge in [-0.15, -0.1) is 0 Å². The average Bonchev–Trinajstić information content (AvgIpc) is 2.11. The number of amides is 1. The molecule has 0 aromatic rings. The standard InChI is InChI=1S/C7H9NO8.Na.H/c9-3-8-16-7(6(14)15,1-4(10)11)2-5(12)13;;/h3H,1-2H2,(H,8,9)(H,10,11)(H,12,13)(H,14,15);;. The molecule has 0 rings (SSSR count). The number of carbonyl (C=O) groups is 4. The first kappa shape index (κ1) is 18.2. The second-order valence-corrected chi connectivity index (χ2v) is 2.78. The Morgan fingerprint density at radius 1 is 1.12 bits per heavy atom. The van der Waals surface area contributed by atoms with Crippen LogP contribution in [0, 0.1) is 0 Å². The fourth-order valence-electron chi connectivity index (χ4n) is 0.955. The van der Waals surface area contributed by atoms with Crippen molar-refractivity contribution in [1.82, 2.24) is 5.48 Å². The molecule has 0 aliphatic rings. The summed E-state index contributed by atoms with van der Waals surface area (Å²) in [6, 6.07) is 0. The van der Waals surface area contributed by atoms with Gasteiger partial charge in [0, 0.05) is 0 Å². The van der Waals surface area contributed by atoms with Gasteiger partial charge in [-0.3, -0.25) is 19.2 Å². The van der Waals surface area contributed by atoms with Crippen molar-refractivity contribution >= 4 is 53.9 Å². The van der Waals surface area contributed by atoms with Gasteiger partial charge in [-0.25, -0.2) is 10.3 Å². The van der Waals surface area contributed by atoms with Crippen LogP contribution in [0.1, 0.15) is 12.8 Å². The zero-order valence-corrected chi connectivity index (χ0v) is 7.87. The summed E-state index contributed by atoms with van der Waals surface area (Å²) in [7, 11) is 0. The summed E-state index contributed by atoms with van der Waals surface area (Å²) in [5.74, 6) is -4.95. The molecule has 92 valence electrons. The van der Waals surface area contributed by atoms with Crippen molar-refractivity contribution in [1.29, 1.82) is 0 Å². The van der Waals surface area contributed by atoms with Gasteiger partial charge in [-0.1, -0.05) is 0 Å². The molecule has 0 atom stereocenters. The Labute approximate surface area is 117 Å². The monoisotopic (exact) mass is 259 g/mol. The second kappa shape index (κ2) is 8.01. The van der Waals surface area contributed by atoms with E-state index in [1.54, 1.807) is 0 Å². The van der Waals surface area contributed by atoms with Gasteiger partial charge in [0.15, 0.2) is 0 Å². The van der Waals surface area contributed by atoms with E-state index in [1.807, 2.05) is 0 Å². The molecule has 0 bridgehead atoms. The van der Waals surface area contributed by atoms with Crippen LogP contribution in [0.3, 0.4) is 0 Å². The number of nitrogens with one attached hydrogen (secondary N) is 1. The van der Waals surface area contributed by atoms with E-state index in [2.05, 4.69) is 4.84 Å². The first-order chi connectivity index (χ1) is 7.34. The molecule has 10 heteroatoms. The van der Waals surface area contributed by atoms with Gasteiger partial charge < -0.3 is 15.3 Å². The quantitative estimate of drug-likeness (QED) is 0.217. The molecule has 0 saturated carbocycles.